The standard InChI is InChI=1S/C17H27BO2Si/c1-14(18-19-16(2,3)17(4,5)20-18)13-21(6,7)15-11-9-8-10-12-15/h8-12H,1,13H2,2-7H3. The number of allylic oxidation sites excluding steroid dienone is 1. The van der Waals surface area contributed by atoms with E-state index in [1.54, 1.807) is 0 Å². The number of hydrogen-bond acceptors (Lipinski definition) is 2. The van der Waals surface area contributed by atoms with Crippen LogP contribution < -0.4 is 5.19 Å². The lowest BCUT2D eigenvalue weighted by atomic mass is 9.81. The van der Waals surface area contributed by atoms with Crippen LogP contribution in [0.2, 0.25) is 19.1 Å². The van der Waals surface area contributed by atoms with Crippen LogP contribution in [0.25, 0.3) is 0 Å². The molecule has 0 aromatic heterocycles. The summed E-state index contributed by atoms with van der Waals surface area (Å²) in [5.74, 6) is 0. The van der Waals surface area contributed by atoms with E-state index in [0.29, 0.717) is 0 Å². The summed E-state index contributed by atoms with van der Waals surface area (Å²) in [5, 5.41) is 1.45. The van der Waals surface area contributed by atoms with Gasteiger partial charge in [0.05, 0.1) is 19.3 Å². The molecule has 4 heteroatoms. The second-order valence-corrected chi connectivity index (χ2v) is 12.4. The van der Waals surface area contributed by atoms with Crippen molar-refractivity contribution in [3.05, 3.63) is 42.4 Å². The largest absolute Gasteiger partial charge is 0.489 e. The van der Waals surface area contributed by atoms with E-state index in [-0.39, 0.29) is 18.3 Å². The summed E-state index contributed by atoms with van der Waals surface area (Å²) >= 11 is 0. The predicted molar refractivity (Wildman–Crippen MR) is 93.6 cm³/mol. The topological polar surface area (TPSA) is 18.5 Å². The molecule has 1 aliphatic heterocycles. The fourth-order valence-corrected chi connectivity index (χ4v) is 5.25. The molecular formula is C17H27BO2Si. The van der Waals surface area contributed by atoms with E-state index in [1.165, 1.54) is 5.19 Å². The van der Waals surface area contributed by atoms with Crippen molar-refractivity contribution in [1.82, 2.24) is 0 Å². The molecule has 0 unspecified atom stereocenters. The Balaban J connectivity index is 2.09. The molecule has 0 bridgehead atoms. The maximum atomic E-state index is 6.11. The highest BCUT2D eigenvalue weighted by atomic mass is 28.3. The summed E-state index contributed by atoms with van der Waals surface area (Å²) in [4.78, 5) is 0. The Labute approximate surface area is 130 Å². The van der Waals surface area contributed by atoms with Crippen LogP contribution in [0.5, 0.6) is 0 Å². The summed E-state index contributed by atoms with van der Waals surface area (Å²) in [6, 6.07) is 11.7. The maximum absolute atomic E-state index is 6.11. The third-order valence-electron chi connectivity index (χ3n) is 4.81. The summed E-state index contributed by atoms with van der Waals surface area (Å²) in [6.45, 7) is 17.3. The Morgan fingerprint density at radius 3 is 2.00 bits per heavy atom. The first-order chi connectivity index (χ1) is 9.55. The second-order valence-electron chi connectivity index (χ2n) is 7.67. The Morgan fingerprint density at radius 1 is 1.05 bits per heavy atom. The zero-order valence-corrected chi connectivity index (χ0v) is 15.2. The Hall–Kier alpha value is -0.838. The van der Waals surface area contributed by atoms with Gasteiger partial charge in [0.15, 0.2) is 0 Å². The minimum absolute atomic E-state index is 0.287. The van der Waals surface area contributed by atoms with Crippen molar-refractivity contribution >= 4 is 20.4 Å². The van der Waals surface area contributed by atoms with Crippen LogP contribution in [0.1, 0.15) is 27.7 Å². The first-order valence-electron chi connectivity index (χ1n) is 7.64. The van der Waals surface area contributed by atoms with Gasteiger partial charge in [0.2, 0.25) is 0 Å². The number of rotatable bonds is 4. The summed E-state index contributed by atoms with van der Waals surface area (Å²) in [6.07, 6.45) is 0. The van der Waals surface area contributed by atoms with Crippen LogP contribution in [0, 0.1) is 0 Å². The molecule has 1 fully saturated rings. The monoisotopic (exact) mass is 302 g/mol. The highest BCUT2D eigenvalue weighted by molar-refractivity contribution is 6.91. The van der Waals surface area contributed by atoms with E-state index in [9.17, 15) is 0 Å². The van der Waals surface area contributed by atoms with Gasteiger partial charge in [-0.3, -0.25) is 0 Å². The molecule has 1 aromatic rings. The lowest BCUT2D eigenvalue weighted by molar-refractivity contribution is 0.00578. The van der Waals surface area contributed by atoms with Crippen LogP contribution in [0.4, 0.5) is 0 Å². The Bertz CT molecular complexity index is 507. The third-order valence-corrected chi connectivity index (χ3v) is 8.05. The molecule has 2 rings (SSSR count). The Kier molecular flexibility index (Phi) is 4.26. The predicted octanol–water partition coefficient (Wildman–Crippen LogP) is 3.79. The van der Waals surface area contributed by atoms with Crippen molar-refractivity contribution in [3.63, 3.8) is 0 Å². The van der Waals surface area contributed by atoms with E-state index in [2.05, 4.69) is 77.7 Å². The number of hydrogen-bond donors (Lipinski definition) is 0. The van der Waals surface area contributed by atoms with Crippen LogP contribution >= 0.6 is 0 Å². The maximum Gasteiger partial charge on any atom is 0.489 e. The second kappa shape index (κ2) is 5.42. The first kappa shape index (κ1) is 16.5. The summed E-state index contributed by atoms with van der Waals surface area (Å²) in [7, 11) is -1.85. The van der Waals surface area contributed by atoms with Gasteiger partial charge in [-0.2, -0.15) is 0 Å². The minimum Gasteiger partial charge on any atom is -0.400 e. The Morgan fingerprint density at radius 2 is 1.52 bits per heavy atom. The normalized spacial score (nSPS) is 20.6. The minimum atomic E-state index is -1.56. The van der Waals surface area contributed by atoms with Crippen LogP contribution in [-0.4, -0.2) is 26.4 Å². The summed E-state index contributed by atoms with van der Waals surface area (Å²) in [5.41, 5.74) is 0.479. The van der Waals surface area contributed by atoms with Gasteiger partial charge in [0, 0.05) is 0 Å². The van der Waals surface area contributed by atoms with E-state index < -0.39 is 8.07 Å². The van der Waals surface area contributed by atoms with E-state index in [0.717, 1.165) is 11.5 Å². The zero-order valence-electron chi connectivity index (χ0n) is 14.2. The van der Waals surface area contributed by atoms with Gasteiger partial charge in [0.1, 0.15) is 0 Å². The molecule has 1 saturated heterocycles. The van der Waals surface area contributed by atoms with Crippen molar-refractivity contribution in [2.24, 2.45) is 0 Å². The third kappa shape index (κ3) is 3.33. The smallest absolute Gasteiger partial charge is 0.400 e. The van der Waals surface area contributed by atoms with Gasteiger partial charge < -0.3 is 9.31 Å². The lowest BCUT2D eigenvalue weighted by Gasteiger charge is -2.32. The molecule has 0 amide bonds. The fourth-order valence-electron chi connectivity index (χ4n) is 2.65. The SMILES string of the molecule is C=C(C[Si](C)(C)c1ccccc1)B1OC(C)(C)C(C)(C)O1. The van der Waals surface area contributed by atoms with Crippen LogP contribution in [0.3, 0.4) is 0 Å². The molecule has 114 valence electrons. The van der Waals surface area contributed by atoms with Gasteiger partial charge in [-0.1, -0.05) is 48.6 Å². The van der Waals surface area contributed by atoms with Gasteiger partial charge in [-0.05, 0) is 39.2 Å². The van der Waals surface area contributed by atoms with Crippen molar-refractivity contribution < 1.29 is 9.31 Å². The molecule has 0 aliphatic carbocycles. The summed E-state index contributed by atoms with van der Waals surface area (Å²) < 4.78 is 12.2. The molecule has 0 spiro atoms. The molecule has 0 atom stereocenters. The molecule has 0 N–H and O–H groups in total. The van der Waals surface area contributed by atoms with Gasteiger partial charge >= 0.3 is 7.12 Å². The molecule has 2 nitrogen and oxygen atoms in total. The average molecular weight is 302 g/mol. The number of benzene rings is 1. The van der Waals surface area contributed by atoms with Crippen molar-refractivity contribution in [3.8, 4) is 0 Å². The quantitative estimate of drug-likeness (QED) is 0.788. The molecule has 0 radical (unpaired) electrons. The van der Waals surface area contributed by atoms with Gasteiger partial charge in [-0.15, -0.1) is 6.58 Å². The first-order valence-corrected chi connectivity index (χ1v) is 10.8. The van der Waals surface area contributed by atoms with E-state index in [1.807, 2.05) is 0 Å². The average Bonchev–Trinajstić information content (AvgIpc) is 2.59. The molecule has 1 aliphatic rings. The fraction of sp³-hybridized carbons (Fsp3) is 0.529. The van der Waals surface area contributed by atoms with Gasteiger partial charge in [0.25, 0.3) is 0 Å². The molecule has 1 heterocycles. The van der Waals surface area contributed by atoms with Crippen molar-refractivity contribution in [1.29, 1.82) is 0 Å². The lowest BCUT2D eigenvalue weighted by Crippen LogP contribution is -2.43. The highest BCUT2D eigenvalue weighted by Crippen LogP contribution is 2.39. The molecule has 21 heavy (non-hydrogen) atoms. The van der Waals surface area contributed by atoms with Crippen LogP contribution in [0.15, 0.2) is 42.4 Å². The van der Waals surface area contributed by atoms with Gasteiger partial charge in [-0.25, -0.2) is 0 Å². The van der Waals surface area contributed by atoms with Crippen molar-refractivity contribution in [2.75, 3.05) is 0 Å². The zero-order chi connectivity index (χ0) is 15.9. The molecular weight excluding hydrogens is 275 g/mol. The van der Waals surface area contributed by atoms with Crippen LogP contribution in [-0.2, 0) is 9.31 Å². The van der Waals surface area contributed by atoms with E-state index >= 15 is 0 Å². The molecule has 0 saturated carbocycles. The van der Waals surface area contributed by atoms with E-state index in [4.69, 9.17) is 9.31 Å². The molecule has 1 aromatic carbocycles. The van der Waals surface area contributed by atoms with Crippen molar-refractivity contribution in [2.45, 2.75) is 58.0 Å². The highest BCUT2D eigenvalue weighted by Gasteiger charge is 2.52.